The third kappa shape index (κ3) is 7.18. The molecule has 5 heteroatoms. The number of likely N-dealkylation sites (tertiary alicyclic amines) is 1. The van der Waals surface area contributed by atoms with Gasteiger partial charge in [0, 0.05) is 19.6 Å². The second kappa shape index (κ2) is 11.6. The zero-order chi connectivity index (χ0) is 20.3. The first-order valence-corrected chi connectivity index (χ1v) is 10.8. The fourth-order valence-electron chi connectivity index (χ4n) is 3.63. The van der Waals surface area contributed by atoms with E-state index in [2.05, 4.69) is 51.7 Å². The Balaban J connectivity index is 1.46. The molecule has 3 N–H and O–H groups in total. The Kier molecular flexibility index (Phi) is 8.53. The number of aliphatic hydroxyl groups excluding tert-OH is 1. The van der Waals surface area contributed by atoms with Crippen LogP contribution >= 0.6 is 0 Å². The monoisotopic (exact) mass is 394 g/mol. The molecule has 1 unspecified atom stereocenters. The van der Waals surface area contributed by atoms with Crippen LogP contribution in [0.1, 0.15) is 49.0 Å². The van der Waals surface area contributed by atoms with Gasteiger partial charge in [0.15, 0.2) is 5.96 Å². The van der Waals surface area contributed by atoms with Crippen molar-refractivity contribution in [2.24, 2.45) is 4.99 Å². The molecule has 0 saturated carbocycles. The lowest BCUT2D eigenvalue weighted by atomic mass is 10.1. The minimum atomic E-state index is -0.463. The summed E-state index contributed by atoms with van der Waals surface area (Å²) in [6.07, 6.45) is 2.83. The zero-order valence-electron chi connectivity index (χ0n) is 17.5. The van der Waals surface area contributed by atoms with E-state index in [0.29, 0.717) is 19.5 Å². The smallest absolute Gasteiger partial charge is 0.191 e. The Hall–Kier alpha value is -2.37. The fraction of sp³-hybridized carbons (Fsp3) is 0.458. The van der Waals surface area contributed by atoms with E-state index in [-0.39, 0.29) is 0 Å². The molecule has 1 aliphatic rings. The molecule has 5 nitrogen and oxygen atoms in total. The summed E-state index contributed by atoms with van der Waals surface area (Å²) in [7, 11) is 0. The summed E-state index contributed by atoms with van der Waals surface area (Å²) in [6.45, 7) is 7.67. The van der Waals surface area contributed by atoms with Gasteiger partial charge in [-0.3, -0.25) is 4.90 Å². The van der Waals surface area contributed by atoms with Crippen LogP contribution in [0.2, 0.25) is 0 Å². The third-order valence-electron chi connectivity index (χ3n) is 5.29. The van der Waals surface area contributed by atoms with Gasteiger partial charge in [-0.25, -0.2) is 4.99 Å². The highest BCUT2D eigenvalue weighted by atomic mass is 16.3. The number of nitrogens with one attached hydrogen (secondary N) is 2. The van der Waals surface area contributed by atoms with Gasteiger partial charge in [0.05, 0.1) is 12.6 Å². The molecular formula is C24H34N4O. The van der Waals surface area contributed by atoms with Crippen molar-refractivity contribution in [3.05, 3.63) is 71.3 Å². The molecule has 3 rings (SSSR count). The lowest BCUT2D eigenvalue weighted by Crippen LogP contribution is -2.38. The van der Waals surface area contributed by atoms with Crippen molar-refractivity contribution < 1.29 is 5.11 Å². The van der Waals surface area contributed by atoms with Gasteiger partial charge in [0.1, 0.15) is 0 Å². The molecule has 2 aromatic rings. The molecule has 1 atom stereocenters. The van der Waals surface area contributed by atoms with Crippen LogP contribution in [0.4, 0.5) is 0 Å². The van der Waals surface area contributed by atoms with Crippen LogP contribution in [0.25, 0.3) is 0 Å². The number of hydrogen-bond acceptors (Lipinski definition) is 3. The van der Waals surface area contributed by atoms with E-state index < -0.39 is 6.10 Å². The molecule has 156 valence electrons. The highest BCUT2D eigenvalue weighted by Crippen LogP contribution is 2.15. The van der Waals surface area contributed by atoms with E-state index in [9.17, 15) is 5.11 Å². The van der Waals surface area contributed by atoms with Gasteiger partial charge in [-0.15, -0.1) is 0 Å². The number of hydrogen-bond donors (Lipinski definition) is 3. The molecule has 0 aromatic heterocycles. The first-order chi connectivity index (χ1) is 14.2. The zero-order valence-corrected chi connectivity index (χ0v) is 17.5. The summed E-state index contributed by atoms with van der Waals surface area (Å²) in [5.41, 5.74) is 3.53. The van der Waals surface area contributed by atoms with Crippen LogP contribution in [0, 0.1) is 0 Å². The topological polar surface area (TPSA) is 59.9 Å². The minimum Gasteiger partial charge on any atom is -0.388 e. The van der Waals surface area contributed by atoms with E-state index in [1.54, 1.807) is 0 Å². The molecule has 0 amide bonds. The Morgan fingerprint density at radius 3 is 2.38 bits per heavy atom. The number of aliphatic hydroxyl groups is 1. The van der Waals surface area contributed by atoms with Crippen molar-refractivity contribution >= 4 is 5.96 Å². The van der Waals surface area contributed by atoms with Gasteiger partial charge >= 0.3 is 0 Å². The standard InChI is InChI=1S/C24H34N4O/c1-2-25-24(26-15-14-23(29)22-8-4-3-5-9-22)27-18-20-10-12-21(13-11-20)19-28-16-6-7-17-28/h3-5,8-13,23,29H,2,6-7,14-19H2,1H3,(H2,25,26,27). The molecule has 1 aliphatic heterocycles. The largest absolute Gasteiger partial charge is 0.388 e. The van der Waals surface area contributed by atoms with Crippen molar-refractivity contribution in [3.8, 4) is 0 Å². The highest BCUT2D eigenvalue weighted by molar-refractivity contribution is 5.79. The second-order valence-corrected chi connectivity index (χ2v) is 7.64. The summed E-state index contributed by atoms with van der Waals surface area (Å²) < 4.78 is 0. The predicted molar refractivity (Wildman–Crippen MR) is 120 cm³/mol. The summed E-state index contributed by atoms with van der Waals surface area (Å²) in [4.78, 5) is 7.21. The first-order valence-electron chi connectivity index (χ1n) is 10.8. The molecule has 0 bridgehead atoms. The molecule has 1 heterocycles. The molecular weight excluding hydrogens is 360 g/mol. The van der Waals surface area contributed by atoms with Crippen molar-refractivity contribution in [3.63, 3.8) is 0 Å². The van der Waals surface area contributed by atoms with E-state index in [1.807, 2.05) is 30.3 Å². The Bertz CT molecular complexity index is 739. The maximum absolute atomic E-state index is 10.3. The Labute approximate surface area is 174 Å². The molecule has 0 radical (unpaired) electrons. The molecule has 2 aromatic carbocycles. The van der Waals surface area contributed by atoms with E-state index in [4.69, 9.17) is 0 Å². The molecule has 1 saturated heterocycles. The maximum atomic E-state index is 10.3. The molecule has 0 aliphatic carbocycles. The minimum absolute atomic E-state index is 0.463. The Morgan fingerprint density at radius 1 is 1.00 bits per heavy atom. The summed E-state index contributed by atoms with van der Waals surface area (Å²) in [5, 5.41) is 16.9. The van der Waals surface area contributed by atoms with Gasteiger partial charge in [0.25, 0.3) is 0 Å². The van der Waals surface area contributed by atoms with Crippen LogP contribution in [0.5, 0.6) is 0 Å². The van der Waals surface area contributed by atoms with E-state index in [1.165, 1.54) is 37.1 Å². The van der Waals surface area contributed by atoms with Crippen LogP contribution in [0.15, 0.2) is 59.6 Å². The van der Waals surface area contributed by atoms with Crippen LogP contribution in [0.3, 0.4) is 0 Å². The number of nitrogens with zero attached hydrogens (tertiary/aromatic N) is 2. The van der Waals surface area contributed by atoms with Gasteiger partial charge in [-0.1, -0.05) is 54.6 Å². The van der Waals surface area contributed by atoms with Gasteiger partial charge in [-0.05, 0) is 56.0 Å². The Morgan fingerprint density at radius 2 is 1.69 bits per heavy atom. The molecule has 0 spiro atoms. The lowest BCUT2D eigenvalue weighted by Gasteiger charge is -2.15. The highest BCUT2D eigenvalue weighted by Gasteiger charge is 2.11. The third-order valence-corrected chi connectivity index (χ3v) is 5.29. The normalized spacial score (nSPS) is 16.0. The van der Waals surface area contributed by atoms with Gasteiger partial charge in [-0.2, -0.15) is 0 Å². The summed E-state index contributed by atoms with van der Waals surface area (Å²) >= 11 is 0. The quantitative estimate of drug-likeness (QED) is 0.450. The van der Waals surface area contributed by atoms with Crippen LogP contribution < -0.4 is 10.6 Å². The van der Waals surface area contributed by atoms with E-state index in [0.717, 1.165) is 24.6 Å². The van der Waals surface area contributed by atoms with Crippen molar-refractivity contribution in [1.82, 2.24) is 15.5 Å². The SMILES string of the molecule is CCNC(=NCc1ccc(CN2CCCC2)cc1)NCCC(O)c1ccccc1. The van der Waals surface area contributed by atoms with Crippen molar-refractivity contribution in [2.45, 2.75) is 45.4 Å². The number of rotatable bonds is 9. The van der Waals surface area contributed by atoms with Crippen LogP contribution in [-0.4, -0.2) is 42.1 Å². The average molecular weight is 395 g/mol. The summed E-state index contributed by atoms with van der Waals surface area (Å²) in [6, 6.07) is 18.6. The van der Waals surface area contributed by atoms with Crippen molar-refractivity contribution in [1.29, 1.82) is 0 Å². The predicted octanol–water partition coefficient (Wildman–Crippen LogP) is 3.46. The van der Waals surface area contributed by atoms with E-state index >= 15 is 0 Å². The lowest BCUT2D eigenvalue weighted by molar-refractivity contribution is 0.168. The number of benzene rings is 2. The molecule has 29 heavy (non-hydrogen) atoms. The first kappa shape index (κ1) is 21.3. The number of aliphatic imine (C=N–C) groups is 1. The van der Waals surface area contributed by atoms with Crippen molar-refractivity contribution in [2.75, 3.05) is 26.2 Å². The molecule has 1 fully saturated rings. The maximum Gasteiger partial charge on any atom is 0.191 e. The number of guanidine groups is 1. The fourth-order valence-corrected chi connectivity index (χ4v) is 3.63. The average Bonchev–Trinajstić information content (AvgIpc) is 3.26. The summed E-state index contributed by atoms with van der Waals surface area (Å²) in [5.74, 6) is 0.786. The van der Waals surface area contributed by atoms with Gasteiger partial charge < -0.3 is 15.7 Å². The van der Waals surface area contributed by atoms with Crippen LogP contribution in [-0.2, 0) is 13.1 Å². The van der Waals surface area contributed by atoms with Gasteiger partial charge in [0.2, 0.25) is 0 Å². The second-order valence-electron chi connectivity index (χ2n) is 7.64.